The van der Waals surface area contributed by atoms with Crippen LogP contribution in [0.1, 0.15) is 25.6 Å². The van der Waals surface area contributed by atoms with Gasteiger partial charge in [-0.25, -0.2) is 5.43 Å². The highest BCUT2D eigenvalue weighted by molar-refractivity contribution is 7.21. The smallest absolute Gasteiger partial charge is 0.271 e. The molecule has 4 rings (SSSR count). The molecule has 0 aliphatic heterocycles. The van der Waals surface area contributed by atoms with Gasteiger partial charge < -0.3 is 15.2 Å². The third kappa shape index (κ3) is 4.97. The SMILES string of the molecule is COc1cc(/C=N\NC(=O)c2ccc(NC(=O)c3sc4ccccc4c3Cl)cc2)ccc1O. The van der Waals surface area contributed by atoms with E-state index in [1.165, 1.54) is 30.7 Å². The van der Waals surface area contributed by atoms with Gasteiger partial charge in [-0.1, -0.05) is 29.8 Å². The zero-order chi connectivity index (χ0) is 23.4. The van der Waals surface area contributed by atoms with Crippen LogP contribution in [0.15, 0.2) is 71.8 Å². The number of phenolic OH excluding ortho intramolecular Hbond substituents is 1. The van der Waals surface area contributed by atoms with Crippen molar-refractivity contribution in [2.45, 2.75) is 0 Å². The quantitative estimate of drug-likeness (QED) is 0.258. The molecule has 1 heterocycles. The number of benzene rings is 3. The molecule has 0 saturated carbocycles. The largest absolute Gasteiger partial charge is 0.504 e. The van der Waals surface area contributed by atoms with Crippen molar-refractivity contribution in [1.29, 1.82) is 0 Å². The first kappa shape index (κ1) is 22.3. The number of fused-ring (bicyclic) bond motifs is 1. The third-order valence-electron chi connectivity index (χ3n) is 4.73. The van der Waals surface area contributed by atoms with Crippen LogP contribution in [0.25, 0.3) is 10.1 Å². The fraction of sp³-hybridized carbons (Fsp3) is 0.0417. The Labute approximate surface area is 198 Å². The van der Waals surface area contributed by atoms with Crippen LogP contribution < -0.4 is 15.5 Å². The Balaban J connectivity index is 1.38. The van der Waals surface area contributed by atoms with E-state index in [1.54, 1.807) is 36.4 Å². The van der Waals surface area contributed by atoms with Crippen molar-refractivity contribution in [1.82, 2.24) is 5.43 Å². The number of carbonyl (C=O) groups excluding carboxylic acids is 2. The van der Waals surface area contributed by atoms with E-state index in [4.69, 9.17) is 16.3 Å². The van der Waals surface area contributed by atoms with E-state index in [0.717, 1.165) is 10.1 Å². The fourth-order valence-corrected chi connectivity index (χ4v) is 4.47. The molecule has 0 bridgehead atoms. The van der Waals surface area contributed by atoms with Crippen LogP contribution >= 0.6 is 22.9 Å². The molecule has 2 amide bonds. The molecule has 0 radical (unpaired) electrons. The number of aromatic hydroxyl groups is 1. The summed E-state index contributed by atoms with van der Waals surface area (Å²) < 4.78 is 5.97. The summed E-state index contributed by atoms with van der Waals surface area (Å²) in [6, 6.07) is 18.7. The summed E-state index contributed by atoms with van der Waals surface area (Å²) in [5.41, 5.74) is 3.97. The normalized spacial score (nSPS) is 11.0. The predicted molar refractivity (Wildman–Crippen MR) is 131 cm³/mol. The molecule has 0 atom stereocenters. The summed E-state index contributed by atoms with van der Waals surface area (Å²) in [5, 5.41) is 17.6. The molecule has 3 aromatic carbocycles. The second kappa shape index (κ2) is 9.72. The number of halogens is 1. The summed E-state index contributed by atoms with van der Waals surface area (Å²) in [6.45, 7) is 0. The summed E-state index contributed by atoms with van der Waals surface area (Å²) in [7, 11) is 1.45. The van der Waals surface area contributed by atoms with Crippen molar-refractivity contribution in [2.24, 2.45) is 5.10 Å². The number of anilines is 1. The Morgan fingerprint density at radius 2 is 1.82 bits per heavy atom. The molecule has 3 N–H and O–H groups in total. The lowest BCUT2D eigenvalue weighted by molar-refractivity contribution is 0.0954. The summed E-state index contributed by atoms with van der Waals surface area (Å²) in [4.78, 5) is 25.4. The molecule has 0 aliphatic rings. The Hall–Kier alpha value is -3.88. The number of amides is 2. The Bertz CT molecular complexity index is 1370. The van der Waals surface area contributed by atoms with Gasteiger partial charge in [-0.05, 0) is 54.1 Å². The maximum Gasteiger partial charge on any atom is 0.271 e. The first-order valence-electron chi connectivity index (χ1n) is 9.75. The van der Waals surface area contributed by atoms with E-state index in [-0.39, 0.29) is 11.7 Å². The summed E-state index contributed by atoms with van der Waals surface area (Å²) in [5.74, 6) is -0.407. The maximum absolute atomic E-state index is 12.7. The molecule has 0 saturated heterocycles. The molecule has 7 nitrogen and oxygen atoms in total. The lowest BCUT2D eigenvalue weighted by Crippen LogP contribution is -2.17. The lowest BCUT2D eigenvalue weighted by Gasteiger charge is -2.06. The van der Waals surface area contributed by atoms with Gasteiger partial charge in [0.15, 0.2) is 11.5 Å². The molecule has 1 aromatic heterocycles. The number of carbonyl (C=O) groups is 2. The van der Waals surface area contributed by atoms with E-state index in [1.807, 2.05) is 24.3 Å². The van der Waals surface area contributed by atoms with Crippen molar-refractivity contribution < 1.29 is 19.4 Å². The second-order valence-electron chi connectivity index (χ2n) is 6.90. The van der Waals surface area contributed by atoms with Crippen LogP contribution in [0.4, 0.5) is 5.69 Å². The average molecular weight is 480 g/mol. The van der Waals surface area contributed by atoms with E-state index >= 15 is 0 Å². The summed E-state index contributed by atoms with van der Waals surface area (Å²) >= 11 is 7.69. The highest BCUT2D eigenvalue weighted by Gasteiger charge is 2.17. The molecule has 4 aromatic rings. The number of thiophene rings is 1. The third-order valence-corrected chi connectivity index (χ3v) is 6.40. The zero-order valence-electron chi connectivity index (χ0n) is 17.3. The van der Waals surface area contributed by atoms with Crippen molar-refractivity contribution >= 4 is 56.7 Å². The number of phenols is 1. The van der Waals surface area contributed by atoms with Crippen molar-refractivity contribution in [3.05, 3.63) is 87.8 Å². The number of ether oxygens (including phenoxy) is 1. The van der Waals surface area contributed by atoms with Crippen LogP contribution in [0, 0.1) is 0 Å². The fourth-order valence-electron chi connectivity index (χ4n) is 3.06. The first-order chi connectivity index (χ1) is 16.0. The average Bonchev–Trinajstić information content (AvgIpc) is 3.17. The number of rotatable bonds is 6. The van der Waals surface area contributed by atoms with Gasteiger partial charge in [-0.2, -0.15) is 5.10 Å². The van der Waals surface area contributed by atoms with Crippen molar-refractivity contribution in [3.8, 4) is 11.5 Å². The van der Waals surface area contributed by atoms with Crippen molar-refractivity contribution in [3.63, 3.8) is 0 Å². The van der Waals surface area contributed by atoms with E-state index in [2.05, 4.69) is 15.8 Å². The number of nitrogens with zero attached hydrogens (tertiary/aromatic N) is 1. The number of methoxy groups -OCH3 is 1. The second-order valence-corrected chi connectivity index (χ2v) is 8.33. The lowest BCUT2D eigenvalue weighted by atomic mass is 10.2. The van der Waals surface area contributed by atoms with Gasteiger partial charge in [-0.3, -0.25) is 9.59 Å². The standard InChI is InChI=1S/C24H18ClN3O4S/c1-32-19-12-14(6-11-18(19)29)13-26-28-23(30)15-7-9-16(10-8-15)27-24(31)22-21(25)17-4-2-3-5-20(17)33-22/h2-13,29H,1H3,(H,27,31)(H,28,30)/b26-13-. The molecule has 0 unspecified atom stereocenters. The van der Waals surface area contributed by atoms with Gasteiger partial charge in [0.25, 0.3) is 11.8 Å². The number of hydrogen-bond donors (Lipinski definition) is 3. The van der Waals surface area contributed by atoms with Gasteiger partial charge in [0.05, 0.1) is 18.3 Å². The first-order valence-corrected chi connectivity index (χ1v) is 10.9. The molecule has 9 heteroatoms. The van der Waals surface area contributed by atoms with Gasteiger partial charge in [0, 0.05) is 21.3 Å². The van der Waals surface area contributed by atoms with Gasteiger partial charge >= 0.3 is 0 Å². The molecular weight excluding hydrogens is 462 g/mol. The van der Waals surface area contributed by atoms with E-state index in [0.29, 0.717) is 32.5 Å². The number of nitrogens with one attached hydrogen (secondary N) is 2. The van der Waals surface area contributed by atoms with Gasteiger partial charge in [-0.15, -0.1) is 11.3 Å². The molecular formula is C24H18ClN3O4S. The van der Waals surface area contributed by atoms with E-state index in [9.17, 15) is 14.7 Å². The Morgan fingerprint density at radius 3 is 2.55 bits per heavy atom. The minimum atomic E-state index is -0.414. The highest BCUT2D eigenvalue weighted by atomic mass is 35.5. The maximum atomic E-state index is 12.7. The van der Waals surface area contributed by atoms with Gasteiger partial charge in [0.2, 0.25) is 0 Å². The zero-order valence-corrected chi connectivity index (χ0v) is 18.9. The van der Waals surface area contributed by atoms with Crippen LogP contribution in [-0.2, 0) is 0 Å². The van der Waals surface area contributed by atoms with Crippen LogP contribution in [0.3, 0.4) is 0 Å². The Kier molecular flexibility index (Phi) is 6.58. The van der Waals surface area contributed by atoms with Crippen LogP contribution in [0.5, 0.6) is 11.5 Å². The molecule has 33 heavy (non-hydrogen) atoms. The summed E-state index contributed by atoms with van der Waals surface area (Å²) in [6.07, 6.45) is 1.43. The molecule has 0 spiro atoms. The minimum absolute atomic E-state index is 0.0143. The Morgan fingerprint density at radius 1 is 1.06 bits per heavy atom. The number of hydrazone groups is 1. The monoisotopic (exact) mass is 479 g/mol. The predicted octanol–water partition coefficient (Wildman–Crippen LogP) is 5.29. The number of hydrogen-bond acceptors (Lipinski definition) is 6. The molecule has 0 fully saturated rings. The minimum Gasteiger partial charge on any atom is -0.504 e. The van der Waals surface area contributed by atoms with Crippen molar-refractivity contribution in [2.75, 3.05) is 12.4 Å². The molecule has 0 aliphatic carbocycles. The van der Waals surface area contributed by atoms with Crippen LogP contribution in [0.2, 0.25) is 5.02 Å². The van der Waals surface area contributed by atoms with E-state index < -0.39 is 5.91 Å². The molecule has 166 valence electrons. The topological polar surface area (TPSA) is 100 Å². The van der Waals surface area contributed by atoms with Crippen LogP contribution in [-0.4, -0.2) is 30.2 Å². The highest BCUT2D eigenvalue weighted by Crippen LogP contribution is 2.35. The van der Waals surface area contributed by atoms with Gasteiger partial charge in [0.1, 0.15) is 4.88 Å².